The standard InChI is InChI=1S/C25H23N5O2.H2/c1-16-6-7-19-21(12-16)28-23(20-4-2-3-5-22(20)31)29-24(19)30-14-18(15-30)25(32)27-13-17-8-10-26-11-9-17;/h2-12,18,31H,13-15H2,1H3,(H,27,32);1H. The molecule has 2 N–H and O–H groups in total. The second-order valence-electron chi connectivity index (χ2n) is 8.08. The lowest BCUT2D eigenvalue weighted by molar-refractivity contribution is -0.125. The molecule has 1 aliphatic rings. The molecule has 7 heteroatoms. The molecule has 1 amide bonds. The van der Waals surface area contributed by atoms with Crippen LogP contribution in [0, 0.1) is 12.8 Å². The first-order chi connectivity index (χ1) is 15.6. The fourth-order valence-electron chi connectivity index (χ4n) is 3.90. The molecule has 1 aliphatic heterocycles. The minimum Gasteiger partial charge on any atom is -0.507 e. The Morgan fingerprint density at radius 1 is 1.12 bits per heavy atom. The quantitative estimate of drug-likeness (QED) is 0.505. The second kappa shape index (κ2) is 8.26. The number of amides is 1. The summed E-state index contributed by atoms with van der Waals surface area (Å²) in [6.07, 6.45) is 3.44. The van der Waals surface area contributed by atoms with Crippen molar-refractivity contribution in [3.63, 3.8) is 0 Å². The Hall–Kier alpha value is -4.00. The van der Waals surface area contributed by atoms with E-state index in [1.54, 1.807) is 24.5 Å². The summed E-state index contributed by atoms with van der Waals surface area (Å²) in [4.78, 5) is 28.2. The van der Waals surface area contributed by atoms with Crippen molar-refractivity contribution in [1.82, 2.24) is 20.3 Å². The fraction of sp³-hybridized carbons (Fsp3) is 0.200. The number of carbonyl (C=O) groups excluding carboxylic acids is 1. The van der Waals surface area contributed by atoms with E-state index in [9.17, 15) is 9.90 Å². The summed E-state index contributed by atoms with van der Waals surface area (Å²) >= 11 is 0. The van der Waals surface area contributed by atoms with E-state index in [0.29, 0.717) is 31.0 Å². The van der Waals surface area contributed by atoms with Crippen LogP contribution < -0.4 is 10.2 Å². The molecule has 3 heterocycles. The van der Waals surface area contributed by atoms with Gasteiger partial charge in [0.25, 0.3) is 0 Å². The number of hydrogen-bond donors (Lipinski definition) is 2. The molecule has 4 aromatic rings. The van der Waals surface area contributed by atoms with E-state index in [2.05, 4.69) is 15.2 Å². The Bertz CT molecular complexity index is 1290. The lowest BCUT2D eigenvalue weighted by atomic mass is 9.98. The number of benzene rings is 2. The lowest BCUT2D eigenvalue weighted by Gasteiger charge is -2.39. The molecule has 0 aliphatic carbocycles. The van der Waals surface area contributed by atoms with Gasteiger partial charge >= 0.3 is 0 Å². The van der Waals surface area contributed by atoms with Gasteiger partial charge in [0.15, 0.2) is 5.82 Å². The number of aromatic nitrogens is 3. The third-order valence-corrected chi connectivity index (χ3v) is 5.75. The number of phenolic OH excluding ortho intramolecular Hbond substituents is 1. The maximum Gasteiger partial charge on any atom is 0.226 e. The van der Waals surface area contributed by atoms with Crippen LogP contribution in [-0.4, -0.2) is 39.1 Å². The molecule has 0 saturated carbocycles. The van der Waals surface area contributed by atoms with Crippen LogP contribution in [0.5, 0.6) is 5.75 Å². The number of carbonyl (C=O) groups is 1. The van der Waals surface area contributed by atoms with E-state index < -0.39 is 0 Å². The Kier molecular flexibility index (Phi) is 5.15. The van der Waals surface area contributed by atoms with Gasteiger partial charge in [-0.2, -0.15) is 0 Å². The highest BCUT2D eigenvalue weighted by Crippen LogP contribution is 2.34. The van der Waals surface area contributed by atoms with Gasteiger partial charge in [0.05, 0.1) is 17.0 Å². The number of pyridine rings is 1. The van der Waals surface area contributed by atoms with Crippen molar-refractivity contribution in [1.29, 1.82) is 0 Å². The molecule has 2 aromatic carbocycles. The van der Waals surface area contributed by atoms with E-state index in [0.717, 1.165) is 27.8 Å². The zero-order valence-electron chi connectivity index (χ0n) is 17.7. The van der Waals surface area contributed by atoms with Gasteiger partial charge < -0.3 is 15.3 Å². The van der Waals surface area contributed by atoms with Crippen molar-refractivity contribution in [2.45, 2.75) is 13.5 Å². The Balaban J connectivity index is 0.00000259. The molecule has 0 spiro atoms. The van der Waals surface area contributed by atoms with Crippen molar-refractivity contribution in [2.24, 2.45) is 5.92 Å². The minimum atomic E-state index is -0.0964. The van der Waals surface area contributed by atoms with Crippen LogP contribution in [0.15, 0.2) is 67.0 Å². The van der Waals surface area contributed by atoms with E-state index in [1.165, 1.54) is 0 Å². The number of nitrogens with one attached hydrogen (secondary N) is 1. The van der Waals surface area contributed by atoms with E-state index in [1.807, 2.05) is 49.4 Å². The van der Waals surface area contributed by atoms with Crippen LogP contribution in [0.2, 0.25) is 0 Å². The highest BCUT2D eigenvalue weighted by atomic mass is 16.3. The monoisotopic (exact) mass is 427 g/mol. The van der Waals surface area contributed by atoms with Crippen LogP contribution in [0.3, 0.4) is 0 Å². The van der Waals surface area contributed by atoms with Gasteiger partial charge in [0, 0.05) is 38.8 Å². The molecule has 0 unspecified atom stereocenters. The number of fused-ring (bicyclic) bond motifs is 1. The fourth-order valence-corrected chi connectivity index (χ4v) is 3.90. The molecule has 5 rings (SSSR count). The molecule has 7 nitrogen and oxygen atoms in total. The van der Waals surface area contributed by atoms with E-state index >= 15 is 0 Å². The first-order valence-corrected chi connectivity index (χ1v) is 10.6. The van der Waals surface area contributed by atoms with Gasteiger partial charge in [0.2, 0.25) is 5.91 Å². The highest BCUT2D eigenvalue weighted by Gasteiger charge is 2.34. The zero-order valence-corrected chi connectivity index (χ0v) is 17.7. The maximum atomic E-state index is 12.6. The Labute approximate surface area is 187 Å². The number of aryl methyl sites for hydroxylation is 1. The van der Waals surface area contributed by atoms with E-state index in [4.69, 9.17) is 9.97 Å². The molecule has 0 radical (unpaired) electrons. The van der Waals surface area contributed by atoms with Crippen molar-refractivity contribution >= 4 is 22.6 Å². The largest absolute Gasteiger partial charge is 0.507 e. The van der Waals surface area contributed by atoms with Gasteiger partial charge in [-0.05, 0) is 54.4 Å². The number of anilines is 1. The smallest absolute Gasteiger partial charge is 0.226 e. The second-order valence-corrected chi connectivity index (χ2v) is 8.08. The SMILES string of the molecule is Cc1ccc2c(N3CC(C(=O)NCc4ccncc4)C3)nc(-c3ccccc3O)nc2c1.[HH]. The Morgan fingerprint density at radius 2 is 1.91 bits per heavy atom. The zero-order chi connectivity index (χ0) is 22.1. The minimum absolute atomic E-state index is 0. The summed E-state index contributed by atoms with van der Waals surface area (Å²) in [6.45, 7) is 3.68. The molecular weight excluding hydrogens is 402 g/mol. The van der Waals surface area contributed by atoms with Crippen LogP contribution in [0.4, 0.5) is 5.82 Å². The molecule has 162 valence electrons. The number of nitrogens with zero attached hydrogens (tertiary/aromatic N) is 4. The summed E-state index contributed by atoms with van der Waals surface area (Å²) in [6, 6.07) is 16.9. The van der Waals surface area contributed by atoms with Crippen molar-refractivity contribution in [3.8, 4) is 17.1 Å². The summed E-state index contributed by atoms with van der Waals surface area (Å²) in [7, 11) is 0. The highest BCUT2D eigenvalue weighted by molar-refractivity contribution is 5.93. The van der Waals surface area contributed by atoms with Crippen LogP contribution >= 0.6 is 0 Å². The van der Waals surface area contributed by atoms with Gasteiger partial charge in [-0.25, -0.2) is 9.97 Å². The molecule has 1 saturated heterocycles. The van der Waals surface area contributed by atoms with Crippen molar-refractivity contribution < 1.29 is 11.3 Å². The predicted octanol–water partition coefficient (Wildman–Crippen LogP) is 3.70. The summed E-state index contributed by atoms with van der Waals surface area (Å²) < 4.78 is 0. The average molecular weight is 428 g/mol. The average Bonchev–Trinajstić information content (AvgIpc) is 2.77. The number of rotatable bonds is 5. The van der Waals surface area contributed by atoms with E-state index in [-0.39, 0.29) is 19.0 Å². The summed E-state index contributed by atoms with van der Waals surface area (Å²) in [5.74, 6) is 1.34. The van der Waals surface area contributed by atoms with Crippen LogP contribution in [0.25, 0.3) is 22.3 Å². The number of phenols is 1. The van der Waals surface area contributed by atoms with Gasteiger partial charge in [-0.3, -0.25) is 9.78 Å². The van der Waals surface area contributed by atoms with Crippen LogP contribution in [0.1, 0.15) is 12.6 Å². The first-order valence-electron chi connectivity index (χ1n) is 10.6. The van der Waals surface area contributed by atoms with Gasteiger partial charge in [-0.1, -0.05) is 18.2 Å². The molecule has 0 bridgehead atoms. The number of para-hydroxylation sites is 1. The predicted molar refractivity (Wildman–Crippen MR) is 125 cm³/mol. The van der Waals surface area contributed by atoms with Crippen molar-refractivity contribution in [3.05, 3.63) is 78.1 Å². The number of aromatic hydroxyl groups is 1. The Morgan fingerprint density at radius 3 is 2.69 bits per heavy atom. The third-order valence-electron chi connectivity index (χ3n) is 5.75. The third kappa shape index (κ3) is 3.85. The molecule has 2 aromatic heterocycles. The van der Waals surface area contributed by atoms with Gasteiger partial charge in [-0.15, -0.1) is 0 Å². The lowest BCUT2D eigenvalue weighted by Crippen LogP contribution is -2.54. The maximum absolute atomic E-state index is 12.6. The normalized spacial score (nSPS) is 13.7. The van der Waals surface area contributed by atoms with Crippen molar-refractivity contribution in [2.75, 3.05) is 18.0 Å². The molecule has 1 fully saturated rings. The molecule has 32 heavy (non-hydrogen) atoms. The molecule has 0 atom stereocenters. The topological polar surface area (TPSA) is 91.2 Å². The molecular formula is C25H25N5O2. The van der Waals surface area contributed by atoms with Gasteiger partial charge in [0.1, 0.15) is 11.6 Å². The summed E-state index contributed by atoms with van der Waals surface area (Å²) in [5.41, 5.74) is 3.53. The number of hydrogen-bond acceptors (Lipinski definition) is 6. The first kappa shape index (κ1) is 19.9. The summed E-state index contributed by atoms with van der Waals surface area (Å²) in [5, 5.41) is 14.2. The van der Waals surface area contributed by atoms with Crippen LogP contribution in [-0.2, 0) is 11.3 Å².